The number of carbonyl (C=O) groups excluding carboxylic acids is 1. The van der Waals surface area contributed by atoms with Gasteiger partial charge in [0.25, 0.3) is 0 Å². The number of amides is 1. The molecule has 0 radical (unpaired) electrons. The van der Waals surface area contributed by atoms with Crippen LogP contribution >= 0.6 is 0 Å². The maximum absolute atomic E-state index is 13.6. The molecule has 8 heteroatoms. The predicted molar refractivity (Wildman–Crippen MR) is 123 cm³/mol. The summed E-state index contributed by atoms with van der Waals surface area (Å²) in [5.41, 5.74) is 3.37. The number of fused-ring (bicyclic) bond motifs is 1. The quantitative estimate of drug-likeness (QED) is 0.377. The molecule has 4 N–H and O–H groups in total. The zero-order valence-corrected chi connectivity index (χ0v) is 18.9. The van der Waals surface area contributed by atoms with Gasteiger partial charge in [-0.3, -0.25) is 4.79 Å². The van der Waals surface area contributed by atoms with Crippen molar-refractivity contribution in [2.75, 3.05) is 6.54 Å². The molecule has 1 amide bonds. The van der Waals surface area contributed by atoms with Crippen LogP contribution in [0, 0.1) is 11.6 Å². The molecule has 1 heterocycles. The summed E-state index contributed by atoms with van der Waals surface area (Å²) in [6.07, 6.45) is 4.11. The van der Waals surface area contributed by atoms with Crippen LogP contribution in [-0.2, 0) is 17.6 Å². The van der Waals surface area contributed by atoms with E-state index in [4.69, 9.17) is 4.42 Å². The monoisotopic (exact) mass is 470 g/mol. The smallest absolute Gasteiger partial charge is 0.217 e. The highest BCUT2D eigenvalue weighted by molar-refractivity contribution is 5.73. The standard InChI is InChI=1S/C26H28F2N2O4/c1-16(31)30-25(12-17-10-20(27)14-21(28)11-17)26(32,33)15-29-23-5-2-4-18-7-8-19(13-22(18)23)24-6-3-9-34-24/h3,6-11,13-14,23,25,29,32-33H,2,4-5,12,15H2,1H3,(H,30,31). The third-order valence-corrected chi connectivity index (χ3v) is 6.17. The van der Waals surface area contributed by atoms with Crippen LogP contribution in [0.1, 0.15) is 42.5 Å². The largest absolute Gasteiger partial charge is 0.464 e. The van der Waals surface area contributed by atoms with E-state index in [0.29, 0.717) is 0 Å². The van der Waals surface area contributed by atoms with Gasteiger partial charge >= 0.3 is 0 Å². The Morgan fingerprint density at radius 1 is 1.18 bits per heavy atom. The molecule has 2 atom stereocenters. The molecule has 180 valence electrons. The molecule has 2 aromatic carbocycles. The van der Waals surface area contributed by atoms with Crippen molar-refractivity contribution in [3.63, 3.8) is 0 Å². The highest BCUT2D eigenvalue weighted by atomic mass is 19.1. The molecular weight excluding hydrogens is 442 g/mol. The number of nitrogens with one attached hydrogen (secondary N) is 2. The van der Waals surface area contributed by atoms with E-state index in [1.54, 1.807) is 6.26 Å². The number of halogens is 2. The number of aliphatic hydroxyl groups is 2. The van der Waals surface area contributed by atoms with Crippen LogP contribution in [0.5, 0.6) is 0 Å². The van der Waals surface area contributed by atoms with Gasteiger partial charge in [-0.05, 0) is 72.7 Å². The van der Waals surface area contributed by atoms with Crippen molar-refractivity contribution in [3.8, 4) is 11.3 Å². The molecule has 6 nitrogen and oxygen atoms in total. The molecule has 3 aromatic rings. The van der Waals surface area contributed by atoms with E-state index in [2.05, 4.69) is 16.7 Å². The van der Waals surface area contributed by atoms with Crippen LogP contribution in [0.2, 0.25) is 0 Å². The zero-order valence-electron chi connectivity index (χ0n) is 18.9. The van der Waals surface area contributed by atoms with Gasteiger partial charge in [0.05, 0.1) is 18.8 Å². The predicted octanol–water partition coefficient (Wildman–Crippen LogP) is 3.62. The van der Waals surface area contributed by atoms with Crippen molar-refractivity contribution in [3.05, 3.63) is 83.1 Å². The average Bonchev–Trinajstić information content (AvgIpc) is 3.31. The molecule has 0 spiro atoms. The summed E-state index contributed by atoms with van der Waals surface area (Å²) < 4.78 is 32.8. The van der Waals surface area contributed by atoms with Crippen LogP contribution in [0.4, 0.5) is 8.78 Å². The normalized spacial score (nSPS) is 16.7. The lowest BCUT2D eigenvalue weighted by Gasteiger charge is -2.35. The van der Waals surface area contributed by atoms with Gasteiger partial charge in [-0.2, -0.15) is 0 Å². The van der Waals surface area contributed by atoms with Gasteiger partial charge in [-0.25, -0.2) is 8.78 Å². The minimum absolute atomic E-state index is 0.137. The number of furan rings is 1. The van der Waals surface area contributed by atoms with Crippen LogP contribution in [-0.4, -0.2) is 34.5 Å². The van der Waals surface area contributed by atoms with Crippen LogP contribution in [0.3, 0.4) is 0 Å². The van der Waals surface area contributed by atoms with Gasteiger partial charge in [-0.15, -0.1) is 0 Å². The summed E-state index contributed by atoms with van der Waals surface area (Å²) in [6.45, 7) is 0.987. The topological polar surface area (TPSA) is 94.7 Å². The molecule has 4 rings (SSSR count). The lowest BCUT2D eigenvalue weighted by Crippen LogP contribution is -2.58. The summed E-state index contributed by atoms with van der Waals surface area (Å²) in [4.78, 5) is 11.7. The Morgan fingerprint density at radius 2 is 1.94 bits per heavy atom. The maximum Gasteiger partial charge on any atom is 0.217 e. The molecular formula is C26H28F2N2O4. The summed E-state index contributed by atoms with van der Waals surface area (Å²) in [5, 5.41) is 27.5. The van der Waals surface area contributed by atoms with E-state index in [1.807, 2.05) is 24.3 Å². The summed E-state index contributed by atoms with van der Waals surface area (Å²) in [5.74, 6) is -3.66. The Morgan fingerprint density at radius 3 is 2.62 bits per heavy atom. The fourth-order valence-corrected chi connectivity index (χ4v) is 4.54. The first-order valence-corrected chi connectivity index (χ1v) is 11.3. The van der Waals surface area contributed by atoms with E-state index in [9.17, 15) is 23.8 Å². The maximum atomic E-state index is 13.6. The highest BCUT2D eigenvalue weighted by Gasteiger charge is 2.36. The minimum Gasteiger partial charge on any atom is -0.464 e. The van der Waals surface area contributed by atoms with Crippen molar-refractivity contribution in [2.45, 2.75) is 50.5 Å². The molecule has 1 aromatic heterocycles. The molecule has 0 saturated carbocycles. The first-order chi connectivity index (χ1) is 16.2. The Bertz CT molecular complexity index is 1130. The second kappa shape index (κ2) is 10.0. The Kier molecular flexibility index (Phi) is 7.11. The van der Waals surface area contributed by atoms with Crippen molar-refractivity contribution < 1.29 is 28.2 Å². The summed E-state index contributed by atoms with van der Waals surface area (Å²) in [6, 6.07) is 11.4. The number of carbonyl (C=O) groups is 1. The average molecular weight is 471 g/mol. The Labute approximate surface area is 196 Å². The van der Waals surface area contributed by atoms with Crippen molar-refractivity contribution in [1.82, 2.24) is 10.6 Å². The third-order valence-electron chi connectivity index (χ3n) is 6.17. The molecule has 0 bridgehead atoms. The second-order valence-corrected chi connectivity index (χ2v) is 8.83. The SMILES string of the molecule is CC(=O)NC(Cc1cc(F)cc(F)c1)C(O)(O)CNC1CCCc2ccc(-c3ccco3)cc21. The van der Waals surface area contributed by atoms with E-state index < -0.39 is 29.4 Å². The van der Waals surface area contributed by atoms with Gasteiger partial charge < -0.3 is 25.3 Å². The first kappa shape index (κ1) is 24.1. The second-order valence-electron chi connectivity index (χ2n) is 8.83. The molecule has 1 aliphatic carbocycles. The highest BCUT2D eigenvalue weighted by Crippen LogP contribution is 2.33. The zero-order chi connectivity index (χ0) is 24.3. The summed E-state index contributed by atoms with van der Waals surface area (Å²) >= 11 is 0. The molecule has 2 unspecified atom stereocenters. The number of aryl methyl sites for hydroxylation is 1. The first-order valence-electron chi connectivity index (χ1n) is 11.3. The number of hydrogen-bond donors (Lipinski definition) is 4. The fourth-order valence-electron chi connectivity index (χ4n) is 4.54. The van der Waals surface area contributed by atoms with Crippen molar-refractivity contribution in [1.29, 1.82) is 0 Å². The fraction of sp³-hybridized carbons (Fsp3) is 0.346. The summed E-state index contributed by atoms with van der Waals surface area (Å²) in [7, 11) is 0. The van der Waals surface area contributed by atoms with Gasteiger partial charge in [0.15, 0.2) is 5.79 Å². The van der Waals surface area contributed by atoms with Gasteiger partial charge in [0, 0.05) is 24.6 Å². The van der Waals surface area contributed by atoms with Crippen LogP contribution < -0.4 is 10.6 Å². The molecule has 1 aliphatic rings. The molecule has 0 saturated heterocycles. The molecule has 34 heavy (non-hydrogen) atoms. The Hall–Kier alpha value is -3.07. The molecule has 0 aliphatic heterocycles. The van der Waals surface area contributed by atoms with E-state index in [0.717, 1.165) is 54.3 Å². The third kappa shape index (κ3) is 5.70. The molecule has 0 fully saturated rings. The number of rotatable bonds is 8. The number of hydrogen-bond acceptors (Lipinski definition) is 5. The minimum atomic E-state index is -2.37. The van der Waals surface area contributed by atoms with Gasteiger partial charge in [-0.1, -0.05) is 12.1 Å². The van der Waals surface area contributed by atoms with E-state index in [-0.39, 0.29) is 24.6 Å². The van der Waals surface area contributed by atoms with Crippen LogP contribution in [0.15, 0.2) is 59.2 Å². The van der Waals surface area contributed by atoms with E-state index >= 15 is 0 Å². The lowest BCUT2D eigenvalue weighted by atomic mass is 9.86. The van der Waals surface area contributed by atoms with E-state index in [1.165, 1.54) is 12.5 Å². The van der Waals surface area contributed by atoms with Crippen molar-refractivity contribution in [2.24, 2.45) is 0 Å². The Balaban J connectivity index is 1.52. The van der Waals surface area contributed by atoms with Crippen molar-refractivity contribution >= 4 is 5.91 Å². The van der Waals surface area contributed by atoms with Crippen LogP contribution in [0.25, 0.3) is 11.3 Å². The van der Waals surface area contributed by atoms with Gasteiger partial charge in [0.1, 0.15) is 17.4 Å². The number of benzene rings is 2. The van der Waals surface area contributed by atoms with Gasteiger partial charge in [0.2, 0.25) is 5.91 Å². The lowest BCUT2D eigenvalue weighted by molar-refractivity contribution is -0.182.